The molecule has 0 atom stereocenters. The number of hydrogen-bond acceptors (Lipinski definition) is 5. The number of sulfonamides is 1. The molecule has 2 heterocycles. The Kier molecular flexibility index (Phi) is 4.65. The highest BCUT2D eigenvalue weighted by Crippen LogP contribution is 2.29. The van der Waals surface area contributed by atoms with Crippen LogP contribution in [0.3, 0.4) is 0 Å². The van der Waals surface area contributed by atoms with Gasteiger partial charge in [-0.05, 0) is 31.4 Å². The van der Waals surface area contributed by atoms with Gasteiger partial charge in [-0.25, -0.2) is 17.7 Å². The van der Waals surface area contributed by atoms with E-state index in [0.29, 0.717) is 24.7 Å². The molecule has 2 aromatic rings. The van der Waals surface area contributed by atoms with Crippen molar-refractivity contribution in [3.8, 4) is 5.19 Å². The van der Waals surface area contributed by atoms with Gasteiger partial charge in [0.15, 0.2) is 0 Å². The first-order chi connectivity index (χ1) is 10.6. The number of piperidine rings is 1. The standard InChI is InChI=1S/C15H20N2O3S2/c1-2-11-22(18,19)17-9-7-12(8-10-17)20-15-16-13-5-3-4-6-14(13)21-15/h3-6,12H,2,7-11H2,1H3. The van der Waals surface area contributed by atoms with Gasteiger partial charge in [-0.3, -0.25) is 0 Å². The summed E-state index contributed by atoms with van der Waals surface area (Å²) in [4.78, 5) is 4.47. The highest BCUT2D eigenvalue weighted by molar-refractivity contribution is 7.89. The van der Waals surface area contributed by atoms with E-state index >= 15 is 0 Å². The highest BCUT2D eigenvalue weighted by Gasteiger charge is 2.28. The molecule has 0 amide bonds. The van der Waals surface area contributed by atoms with Crippen molar-refractivity contribution < 1.29 is 13.2 Å². The second kappa shape index (κ2) is 6.52. The van der Waals surface area contributed by atoms with Crippen LogP contribution in [0.15, 0.2) is 24.3 Å². The van der Waals surface area contributed by atoms with E-state index in [9.17, 15) is 8.42 Å². The van der Waals surface area contributed by atoms with Crippen LogP contribution in [0.1, 0.15) is 26.2 Å². The summed E-state index contributed by atoms with van der Waals surface area (Å²) in [6.07, 6.45) is 2.15. The zero-order chi connectivity index (χ0) is 15.6. The number of fused-ring (bicyclic) bond motifs is 1. The lowest BCUT2D eigenvalue weighted by Crippen LogP contribution is -2.42. The Morgan fingerprint density at radius 1 is 1.32 bits per heavy atom. The number of para-hydroxylation sites is 1. The summed E-state index contributed by atoms with van der Waals surface area (Å²) in [5.74, 6) is 0.233. The molecule has 0 aliphatic carbocycles. The topological polar surface area (TPSA) is 59.5 Å². The maximum Gasteiger partial charge on any atom is 0.274 e. The van der Waals surface area contributed by atoms with E-state index in [-0.39, 0.29) is 11.9 Å². The molecule has 1 aliphatic rings. The van der Waals surface area contributed by atoms with Crippen molar-refractivity contribution in [3.63, 3.8) is 0 Å². The molecule has 5 nitrogen and oxygen atoms in total. The van der Waals surface area contributed by atoms with Crippen LogP contribution in [-0.4, -0.2) is 42.7 Å². The van der Waals surface area contributed by atoms with Crippen LogP contribution in [0.5, 0.6) is 5.19 Å². The van der Waals surface area contributed by atoms with Gasteiger partial charge in [0.1, 0.15) is 6.10 Å². The van der Waals surface area contributed by atoms with Crippen molar-refractivity contribution in [2.75, 3.05) is 18.8 Å². The highest BCUT2D eigenvalue weighted by atomic mass is 32.2. The SMILES string of the molecule is CCCS(=O)(=O)N1CCC(Oc2nc3ccccc3s2)CC1. The maximum atomic E-state index is 12.0. The van der Waals surface area contributed by atoms with Crippen molar-refractivity contribution in [2.24, 2.45) is 0 Å². The van der Waals surface area contributed by atoms with Gasteiger partial charge >= 0.3 is 0 Å². The second-order valence-electron chi connectivity index (χ2n) is 5.48. The number of nitrogens with zero attached hydrogens (tertiary/aromatic N) is 2. The lowest BCUT2D eigenvalue weighted by molar-refractivity contribution is 0.135. The first kappa shape index (κ1) is 15.7. The van der Waals surface area contributed by atoms with E-state index in [1.165, 1.54) is 0 Å². The van der Waals surface area contributed by atoms with E-state index in [0.717, 1.165) is 23.1 Å². The van der Waals surface area contributed by atoms with Crippen LogP contribution in [0, 0.1) is 0 Å². The molecule has 0 radical (unpaired) electrons. The molecule has 1 aromatic heterocycles. The van der Waals surface area contributed by atoms with Gasteiger partial charge in [0.25, 0.3) is 5.19 Å². The van der Waals surface area contributed by atoms with E-state index in [2.05, 4.69) is 4.98 Å². The van der Waals surface area contributed by atoms with Gasteiger partial charge in [0.05, 0.1) is 16.0 Å². The fourth-order valence-electron chi connectivity index (χ4n) is 2.66. The van der Waals surface area contributed by atoms with Crippen LogP contribution in [0.25, 0.3) is 10.2 Å². The van der Waals surface area contributed by atoms with Gasteiger partial charge in [-0.1, -0.05) is 30.4 Å². The predicted molar refractivity (Wildman–Crippen MR) is 88.9 cm³/mol. The van der Waals surface area contributed by atoms with E-state index in [1.54, 1.807) is 15.6 Å². The lowest BCUT2D eigenvalue weighted by Gasteiger charge is -2.30. The molecule has 3 rings (SSSR count). The summed E-state index contributed by atoms with van der Waals surface area (Å²) in [5, 5.41) is 0.677. The zero-order valence-corrected chi connectivity index (χ0v) is 14.2. The van der Waals surface area contributed by atoms with Crippen LogP contribution < -0.4 is 4.74 Å². The molecular weight excluding hydrogens is 320 g/mol. The average Bonchev–Trinajstić information content (AvgIpc) is 2.90. The average molecular weight is 340 g/mol. The Hall–Kier alpha value is -1.18. The zero-order valence-electron chi connectivity index (χ0n) is 12.6. The van der Waals surface area contributed by atoms with Gasteiger partial charge in [-0.15, -0.1) is 0 Å². The minimum absolute atomic E-state index is 0.0497. The van der Waals surface area contributed by atoms with E-state index in [1.807, 2.05) is 31.2 Å². The summed E-state index contributed by atoms with van der Waals surface area (Å²) in [6, 6.07) is 7.95. The molecule has 22 heavy (non-hydrogen) atoms. The van der Waals surface area contributed by atoms with Crippen molar-refractivity contribution in [3.05, 3.63) is 24.3 Å². The summed E-state index contributed by atoms with van der Waals surface area (Å²) < 4.78 is 32.7. The number of hydrogen-bond donors (Lipinski definition) is 0. The smallest absolute Gasteiger partial charge is 0.274 e. The molecular formula is C15H20N2O3S2. The molecule has 0 unspecified atom stereocenters. The third kappa shape index (κ3) is 3.42. The molecule has 0 N–H and O–H groups in total. The minimum Gasteiger partial charge on any atom is -0.467 e. The summed E-state index contributed by atoms with van der Waals surface area (Å²) in [5.41, 5.74) is 0.949. The van der Waals surface area contributed by atoms with Gasteiger partial charge in [-0.2, -0.15) is 0 Å². The number of benzene rings is 1. The van der Waals surface area contributed by atoms with Crippen LogP contribution in [0.2, 0.25) is 0 Å². The third-order valence-electron chi connectivity index (χ3n) is 3.80. The predicted octanol–water partition coefficient (Wildman–Crippen LogP) is 2.88. The summed E-state index contributed by atoms with van der Waals surface area (Å²) >= 11 is 1.54. The van der Waals surface area contributed by atoms with Crippen molar-refractivity contribution in [2.45, 2.75) is 32.3 Å². The number of ether oxygens (including phenoxy) is 1. The van der Waals surface area contributed by atoms with Crippen molar-refractivity contribution >= 4 is 31.6 Å². The van der Waals surface area contributed by atoms with Crippen molar-refractivity contribution in [1.82, 2.24) is 9.29 Å². The van der Waals surface area contributed by atoms with Gasteiger partial charge in [0.2, 0.25) is 10.0 Å². The maximum absolute atomic E-state index is 12.0. The summed E-state index contributed by atoms with van der Waals surface area (Å²) in [7, 11) is -3.09. The number of rotatable bonds is 5. The minimum atomic E-state index is -3.09. The fraction of sp³-hybridized carbons (Fsp3) is 0.533. The molecule has 0 spiro atoms. The molecule has 1 aromatic carbocycles. The molecule has 120 valence electrons. The Morgan fingerprint density at radius 2 is 2.05 bits per heavy atom. The molecule has 0 bridgehead atoms. The van der Waals surface area contributed by atoms with Crippen molar-refractivity contribution in [1.29, 1.82) is 0 Å². The summed E-state index contributed by atoms with van der Waals surface area (Å²) in [6.45, 7) is 2.97. The first-order valence-corrected chi connectivity index (χ1v) is 10.0. The Bertz CT molecular complexity index is 701. The van der Waals surface area contributed by atoms with Gasteiger partial charge < -0.3 is 4.74 Å². The Labute approximate surface area is 135 Å². The van der Waals surface area contributed by atoms with Crippen LogP contribution >= 0.6 is 11.3 Å². The monoisotopic (exact) mass is 340 g/mol. The lowest BCUT2D eigenvalue weighted by atomic mass is 10.1. The second-order valence-corrected chi connectivity index (χ2v) is 8.56. The number of thiazole rings is 1. The molecule has 1 fully saturated rings. The molecule has 1 saturated heterocycles. The largest absolute Gasteiger partial charge is 0.467 e. The molecule has 1 aliphatic heterocycles. The van der Waals surface area contributed by atoms with E-state index in [4.69, 9.17) is 4.74 Å². The normalized spacial score (nSPS) is 17.9. The first-order valence-electron chi connectivity index (χ1n) is 7.58. The Balaban J connectivity index is 1.60. The van der Waals surface area contributed by atoms with E-state index < -0.39 is 10.0 Å². The van der Waals surface area contributed by atoms with Gasteiger partial charge in [0, 0.05) is 13.1 Å². The molecule has 0 saturated carbocycles. The molecule has 7 heteroatoms. The number of aromatic nitrogens is 1. The fourth-order valence-corrected chi connectivity index (χ4v) is 5.08. The third-order valence-corrected chi connectivity index (χ3v) is 6.80. The van der Waals surface area contributed by atoms with Crippen LogP contribution in [0.4, 0.5) is 0 Å². The Morgan fingerprint density at radius 3 is 2.73 bits per heavy atom. The van der Waals surface area contributed by atoms with Crippen LogP contribution in [-0.2, 0) is 10.0 Å². The quantitative estimate of drug-likeness (QED) is 0.840.